The lowest BCUT2D eigenvalue weighted by molar-refractivity contribution is -0.143. The number of rotatable bonds is 6. The zero-order chi connectivity index (χ0) is 13.8. The smallest absolute Gasteiger partial charge is 0.323 e. The summed E-state index contributed by atoms with van der Waals surface area (Å²) in [4.78, 5) is 22.1. The third-order valence-electron chi connectivity index (χ3n) is 2.32. The molecule has 1 unspecified atom stereocenters. The molecule has 0 aromatic carbocycles. The van der Waals surface area contributed by atoms with Gasteiger partial charge in [0.2, 0.25) is 5.91 Å². The van der Waals surface area contributed by atoms with Gasteiger partial charge in [-0.25, -0.2) is 0 Å². The maximum atomic E-state index is 11.8. The topological polar surface area (TPSA) is 125 Å². The Kier molecular flexibility index (Phi) is 5.02. The van der Waals surface area contributed by atoms with Gasteiger partial charge in [0.25, 0.3) is 10.2 Å². The average Bonchev–Trinajstić information content (AvgIpc) is 2.28. The highest BCUT2D eigenvalue weighted by Gasteiger charge is 2.39. The first kappa shape index (κ1) is 14.8. The second-order valence-electron chi connectivity index (χ2n) is 3.60. The van der Waals surface area contributed by atoms with Crippen molar-refractivity contribution in [3.63, 3.8) is 0 Å². The van der Waals surface area contributed by atoms with Crippen molar-refractivity contribution >= 4 is 22.1 Å². The minimum Gasteiger partial charge on any atom is -0.480 e. The fourth-order valence-electron chi connectivity index (χ4n) is 1.44. The highest BCUT2D eigenvalue weighted by atomic mass is 32.2. The van der Waals surface area contributed by atoms with E-state index in [1.54, 1.807) is 0 Å². The van der Waals surface area contributed by atoms with Crippen molar-refractivity contribution in [2.45, 2.75) is 6.04 Å². The van der Waals surface area contributed by atoms with Crippen LogP contribution in [0.3, 0.4) is 0 Å². The van der Waals surface area contributed by atoms with Crippen molar-refractivity contribution in [2.24, 2.45) is 0 Å². The number of amides is 1. The summed E-state index contributed by atoms with van der Waals surface area (Å²) in [5, 5.41) is 11.2. The van der Waals surface area contributed by atoms with E-state index in [-0.39, 0.29) is 19.7 Å². The standard InChI is InChI=1S/C8H15N3O6S/c1-17-3-2-10-18(15,16)11-5-7(12)9-4-6(11)8(13)14/h6,10H,2-5H2,1H3,(H,9,12)(H,13,14). The molecule has 1 heterocycles. The summed E-state index contributed by atoms with van der Waals surface area (Å²) in [7, 11) is -2.62. The molecule has 0 aromatic rings. The van der Waals surface area contributed by atoms with Gasteiger partial charge < -0.3 is 15.2 Å². The van der Waals surface area contributed by atoms with Gasteiger partial charge in [0, 0.05) is 20.2 Å². The van der Waals surface area contributed by atoms with E-state index in [1.165, 1.54) is 7.11 Å². The van der Waals surface area contributed by atoms with Crippen molar-refractivity contribution < 1.29 is 27.9 Å². The molecule has 1 aliphatic heterocycles. The van der Waals surface area contributed by atoms with Gasteiger partial charge in [0.1, 0.15) is 6.04 Å². The van der Waals surface area contributed by atoms with Gasteiger partial charge in [0.15, 0.2) is 0 Å². The number of carbonyl (C=O) groups is 2. The number of ether oxygens (including phenoxy) is 1. The molecule has 0 saturated carbocycles. The Bertz CT molecular complexity index is 423. The van der Waals surface area contributed by atoms with Gasteiger partial charge in [-0.05, 0) is 0 Å². The molecule has 1 atom stereocenters. The van der Waals surface area contributed by atoms with Crippen LogP contribution >= 0.6 is 0 Å². The third-order valence-corrected chi connectivity index (χ3v) is 3.89. The number of hydrogen-bond donors (Lipinski definition) is 3. The van der Waals surface area contributed by atoms with Gasteiger partial charge in [-0.1, -0.05) is 0 Å². The fourth-order valence-corrected chi connectivity index (χ4v) is 2.73. The molecule has 1 saturated heterocycles. The van der Waals surface area contributed by atoms with E-state index in [1.807, 2.05) is 0 Å². The molecule has 1 aliphatic rings. The van der Waals surface area contributed by atoms with Crippen LogP contribution in [0.1, 0.15) is 0 Å². The summed E-state index contributed by atoms with van der Waals surface area (Å²) < 4.78 is 31.1. The maximum absolute atomic E-state index is 11.8. The number of carbonyl (C=O) groups excluding carboxylic acids is 1. The molecular formula is C8H15N3O6S. The maximum Gasteiger partial charge on any atom is 0.323 e. The van der Waals surface area contributed by atoms with Crippen LogP contribution in [-0.2, 0) is 24.5 Å². The largest absolute Gasteiger partial charge is 0.480 e. The molecule has 0 radical (unpaired) electrons. The van der Waals surface area contributed by atoms with Crippen molar-refractivity contribution in [3.05, 3.63) is 0 Å². The van der Waals surface area contributed by atoms with Crippen LogP contribution < -0.4 is 10.0 Å². The molecule has 104 valence electrons. The Hall–Kier alpha value is -1.23. The molecule has 0 aliphatic carbocycles. The highest BCUT2D eigenvalue weighted by molar-refractivity contribution is 7.87. The normalized spacial score (nSPS) is 21.6. The summed E-state index contributed by atoms with van der Waals surface area (Å²) >= 11 is 0. The second-order valence-corrected chi connectivity index (χ2v) is 5.30. The molecule has 1 fully saturated rings. The summed E-state index contributed by atoms with van der Waals surface area (Å²) in [5.74, 6) is -1.85. The minimum atomic E-state index is -4.02. The Balaban J connectivity index is 2.80. The zero-order valence-electron chi connectivity index (χ0n) is 9.75. The van der Waals surface area contributed by atoms with Crippen molar-refractivity contribution in [1.82, 2.24) is 14.3 Å². The SMILES string of the molecule is COCCNS(=O)(=O)N1CC(=O)NCC1C(=O)O. The predicted molar refractivity (Wildman–Crippen MR) is 59.9 cm³/mol. The molecular weight excluding hydrogens is 266 g/mol. The van der Waals surface area contributed by atoms with Crippen LogP contribution in [0.5, 0.6) is 0 Å². The van der Waals surface area contributed by atoms with Gasteiger partial charge in [-0.15, -0.1) is 0 Å². The lowest BCUT2D eigenvalue weighted by Gasteiger charge is -2.31. The Morgan fingerprint density at radius 1 is 1.67 bits per heavy atom. The van der Waals surface area contributed by atoms with Gasteiger partial charge in [-0.2, -0.15) is 17.4 Å². The first-order chi connectivity index (χ1) is 8.38. The van der Waals surface area contributed by atoms with E-state index in [4.69, 9.17) is 5.11 Å². The van der Waals surface area contributed by atoms with E-state index >= 15 is 0 Å². The number of nitrogens with zero attached hydrogens (tertiary/aromatic N) is 1. The number of carboxylic acid groups (broad SMARTS) is 1. The van der Waals surface area contributed by atoms with Gasteiger partial charge >= 0.3 is 5.97 Å². The Morgan fingerprint density at radius 2 is 2.33 bits per heavy atom. The molecule has 0 aromatic heterocycles. The fraction of sp³-hybridized carbons (Fsp3) is 0.750. The van der Waals surface area contributed by atoms with Crippen molar-refractivity contribution in [3.8, 4) is 0 Å². The van der Waals surface area contributed by atoms with Crippen LogP contribution in [0.4, 0.5) is 0 Å². The number of carboxylic acids is 1. The van der Waals surface area contributed by atoms with Crippen LogP contribution in [-0.4, -0.2) is 69.1 Å². The van der Waals surface area contributed by atoms with E-state index < -0.39 is 34.7 Å². The van der Waals surface area contributed by atoms with E-state index in [2.05, 4.69) is 14.8 Å². The summed E-state index contributed by atoms with van der Waals surface area (Å²) in [6, 6.07) is -1.30. The van der Waals surface area contributed by atoms with Crippen molar-refractivity contribution in [2.75, 3.05) is 33.4 Å². The van der Waals surface area contributed by atoms with Crippen molar-refractivity contribution in [1.29, 1.82) is 0 Å². The zero-order valence-corrected chi connectivity index (χ0v) is 10.6. The number of methoxy groups -OCH3 is 1. The molecule has 9 nitrogen and oxygen atoms in total. The Morgan fingerprint density at radius 3 is 2.89 bits per heavy atom. The molecule has 1 amide bonds. The monoisotopic (exact) mass is 281 g/mol. The lowest BCUT2D eigenvalue weighted by Crippen LogP contribution is -2.61. The number of piperazine rings is 1. The third kappa shape index (κ3) is 3.63. The molecule has 18 heavy (non-hydrogen) atoms. The molecule has 0 bridgehead atoms. The van der Waals surface area contributed by atoms with Crippen LogP contribution in [0.15, 0.2) is 0 Å². The molecule has 0 spiro atoms. The summed E-state index contributed by atoms with van der Waals surface area (Å²) in [5.41, 5.74) is 0. The van der Waals surface area contributed by atoms with Gasteiger partial charge in [0.05, 0.1) is 13.2 Å². The van der Waals surface area contributed by atoms with Crippen LogP contribution in [0.25, 0.3) is 0 Å². The van der Waals surface area contributed by atoms with Crippen LogP contribution in [0, 0.1) is 0 Å². The minimum absolute atomic E-state index is 0.00327. The van der Waals surface area contributed by atoms with E-state index in [0.29, 0.717) is 4.31 Å². The quantitative estimate of drug-likeness (QED) is 0.457. The number of nitrogens with one attached hydrogen (secondary N) is 2. The highest BCUT2D eigenvalue weighted by Crippen LogP contribution is 2.09. The summed E-state index contributed by atoms with van der Waals surface area (Å²) in [6.45, 7) is -0.612. The lowest BCUT2D eigenvalue weighted by atomic mass is 10.2. The van der Waals surface area contributed by atoms with E-state index in [9.17, 15) is 18.0 Å². The first-order valence-electron chi connectivity index (χ1n) is 5.13. The molecule has 3 N–H and O–H groups in total. The Labute approximate surface area is 104 Å². The van der Waals surface area contributed by atoms with Crippen LogP contribution in [0.2, 0.25) is 0 Å². The predicted octanol–water partition coefficient (Wildman–Crippen LogP) is -2.65. The second kappa shape index (κ2) is 6.09. The average molecular weight is 281 g/mol. The number of hydrogen-bond acceptors (Lipinski definition) is 5. The molecule has 1 rings (SSSR count). The number of aliphatic carboxylic acids is 1. The van der Waals surface area contributed by atoms with E-state index in [0.717, 1.165) is 0 Å². The van der Waals surface area contributed by atoms with Gasteiger partial charge in [-0.3, -0.25) is 9.59 Å². The first-order valence-corrected chi connectivity index (χ1v) is 6.57. The summed E-state index contributed by atoms with van der Waals surface area (Å²) in [6.07, 6.45) is 0. The molecule has 10 heteroatoms.